The number of aryl methyl sites for hydroxylation is 4. The lowest BCUT2D eigenvalue weighted by Gasteiger charge is -2.32. The fraction of sp³-hybridized carbons (Fsp3) is 0.0667. The number of thiophene rings is 1. The molecule has 0 bridgehead atoms. The minimum atomic E-state index is 1.08. The van der Waals surface area contributed by atoms with Crippen molar-refractivity contribution in [1.29, 1.82) is 0 Å². The second-order valence-corrected chi connectivity index (χ2v) is 18.0. The first-order chi connectivity index (χ1) is 30.8. The summed E-state index contributed by atoms with van der Waals surface area (Å²) in [5.41, 5.74) is 16.5. The summed E-state index contributed by atoms with van der Waals surface area (Å²) in [6.45, 7) is 8.80. The second-order valence-electron chi connectivity index (χ2n) is 17.0. The van der Waals surface area contributed by atoms with Crippen molar-refractivity contribution in [2.24, 2.45) is 0 Å². The number of rotatable bonds is 8. The van der Waals surface area contributed by atoms with E-state index >= 15 is 0 Å². The first kappa shape index (κ1) is 38.5. The van der Waals surface area contributed by atoms with E-state index in [9.17, 15) is 0 Å². The first-order valence-electron chi connectivity index (χ1n) is 21.7. The molecule has 0 spiro atoms. The molecule has 0 atom stereocenters. The van der Waals surface area contributed by atoms with Crippen molar-refractivity contribution in [3.63, 3.8) is 0 Å². The summed E-state index contributed by atoms with van der Waals surface area (Å²) in [6, 6.07) is 76.4. The number of anilines is 6. The van der Waals surface area contributed by atoms with Gasteiger partial charge >= 0.3 is 0 Å². The number of hydrogen-bond acceptors (Lipinski definition) is 3. The Morgan fingerprint density at radius 1 is 0.317 bits per heavy atom. The third-order valence-electron chi connectivity index (χ3n) is 12.3. The summed E-state index contributed by atoms with van der Waals surface area (Å²) in [7, 11) is 0. The second kappa shape index (κ2) is 15.8. The molecule has 63 heavy (non-hydrogen) atoms. The highest BCUT2D eigenvalue weighted by Crippen LogP contribution is 2.49. The Hall–Kier alpha value is -7.46. The number of benzene rings is 10. The molecular formula is C60H46N2S. The molecule has 2 nitrogen and oxygen atoms in total. The van der Waals surface area contributed by atoms with Gasteiger partial charge in [-0.05, 0) is 144 Å². The van der Waals surface area contributed by atoms with Gasteiger partial charge in [0.25, 0.3) is 0 Å². The third-order valence-corrected chi connectivity index (χ3v) is 13.5. The van der Waals surface area contributed by atoms with Gasteiger partial charge in [0.05, 0.1) is 11.4 Å². The standard InChI is InChI=1S/C60H46N2S/c1-39-29-40(2)32-48(31-39)61(49-33-41(3)30-42(4)34-49)50-35-47(54-23-14-24-56-55-28-27-46(37-59(55)63-60(54)56)43-15-6-5-7-16-43)36-51(38-50)62(57-25-12-19-44-17-8-10-21-52(44)57)58-26-13-20-45-18-9-11-22-53(45)58/h5-38H,1-4H3. The van der Waals surface area contributed by atoms with E-state index < -0.39 is 0 Å². The lowest BCUT2D eigenvalue weighted by Crippen LogP contribution is -2.14. The van der Waals surface area contributed by atoms with Crippen molar-refractivity contribution in [3.05, 3.63) is 229 Å². The van der Waals surface area contributed by atoms with Gasteiger partial charge < -0.3 is 9.80 Å². The van der Waals surface area contributed by atoms with Gasteiger partial charge in [0, 0.05) is 53.7 Å². The molecule has 0 saturated heterocycles. The molecule has 3 heteroatoms. The Bertz CT molecular complexity index is 3340. The van der Waals surface area contributed by atoms with Crippen LogP contribution in [0.3, 0.4) is 0 Å². The number of fused-ring (bicyclic) bond motifs is 5. The lowest BCUT2D eigenvalue weighted by atomic mass is 9.98. The van der Waals surface area contributed by atoms with Crippen LogP contribution in [0.2, 0.25) is 0 Å². The molecule has 0 aliphatic rings. The van der Waals surface area contributed by atoms with Crippen molar-refractivity contribution in [2.45, 2.75) is 27.7 Å². The maximum absolute atomic E-state index is 2.50. The lowest BCUT2D eigenvalue weighted by molar-refractivity contribution is 1.23. The fourth-order valence-electron chi connectivity index (χ4n) is 9.67. The van der Waals surface area contributed by atoms with Crippen LogP contribution in [0.1, 0.15) is 22.3 Å². The molecule has 0 saturated carbocycles. The van der Waals surface area contributed by atoms with E-state index in [4.69, 9.17) is 0 Å². The van der Waals surface area contributed by atoms with E-state index in [-0.39, 0.29) is 0 Å². The van der Waals surface area contributed by atoms with E-state index in [1.54, 1.807) is 0 Å². The van der Waals surface area contributed by atoms with Crippen molar-refractivity contribution < 1.29 is 0 Å². The molecule has 1 heterocycles. The summed E-state index contributed by atoms with van der Waals surface area (Å²) in [5.74, 6) is 0. The normalized spacial score (nSPS) is 11.5. The van der Waals surface area contributed by atoms with Gasteiger partial charge in [-0.1, -0.05) is 146 Å². The van der Waals surface area contributed by atoms with Crippen molar-refractivity contribution in [3.8, 4) is 22.3 Å². The van der Waals surface area contributed by atoms with Gasteiger partial charge in [0.1, 0.15) is 0 Å². The highest BCUT2D eigenvalue weighted by Gasteiger charge is 2.23. The molecule has 0 N–H and O–H groups in total. The van der Waals surface area contributed by atoms with Gasteiger partial charge in [-0.2, -0.15) is 0 Å². The maximum atomic E-state index is 2.50. The molecule has 11 rings (SSSR count). The average Bonchev–Trinajstić information content (AvgIpc) is 3.67. The Kier molecular flexibility index (Phi) is 9.63. The molecule has 11 aromatic rings. The summed E-state index contributed by atoms with van der Waals surface area (Å²) in [5, 5.41) is 7.36. The van der Waals surface area contributed by atoms with Gasteiger partial charge in [0.15, 0.2) is 0 Å². The van der Waals surface area contributed by atoms with Crippen LogP contribution in [-0.2, 0) is 0 Å². The van der Waals surface area contributed by atoms with Crippen LogP contribution in [0.5, 0.6) is 0 Å². The average molecular weight is 827 g/mol. The zero-order valence-electron chi connectivity index (χ0n) is 35.9. The quantitative estimate of drug-likeness (QED) is 0.151. The van der Waals surface area contributed by atoms with Crippen molar-refractivity contribution >= 4 is 87.2 Å². The first-order valence-corrected chi connectivity index (χ1v) is 22.5. The van der Waals surface area contributed by atoms with E-state index in [0.717, 1.165) is 39.7 Å². The molecule has 10 aromatic carbocycles. The molecule has 1 aromatic heterocycles. The van der Waals surface area contributed by atoms with Crippen LogP contribution in [0.4, 0.5) is 34.1 Å². The molecule has 0 fully saturated rings. The van der Waals surface area contributed by atoms with Crippen LogP contribution < -0.4 is 9.80 Å². The minimum absolute atomic E-state index is 1.08. The molecule has 0 unspecified atom stereocenters. The smallest absolute Gasteiger partial charge is 0.0540 e. The minimum Gasteiger partial charge on any atom is -0.310 e. The van der Waals surface area contributed by atoms with Gasteiger partial charge in [-0.25, -0.2) is 0 Å². The fourth-order valence-corrected chi connectivity index (χ4v) is 10.9. The van der Waals surface area contributed by atoms with E-state index in [1.807, 2.05) is 11.3 Å². The summed E-state index contributed by atoms with van der Waals surface area (Å²) in [4.78, 5) is 4.96. The number of hydrogen-bond donors (Lipinski definition) is 0. The zero-order chi connectivity index (χ0) is 42.6. The monoisotopic (exact) mass is 826 g/mol. The van der Waals surface area contributed by atoms with Crippen molar-refractivity contribution in [2.75, 3.05) is 9.80 Å². The Morgan fingerprint density at radius 3 is 1.41 bits per heavy atom. The third kappa shape index (κ3) is 7.11. The molecule has 0 aliphatic carbocycles. The Balaban J connectivity index is 1.23. The highest BCUT2D eigenvalue weighted by molar-refractivity contribution is 7.26. The molecule has 0 amide bonds. The zero-order valence-corrected chi connectivity index (χ0v) is 36.7. The molecule has 302 valence electrons. The predicted octanol–water partition coefficient (Wildman–Crippen LogP) is 17.9. The maximum Gasteiger partial charge on any atom is 0.0540 e. The van der Waals surface area contributed by atoms with Crippen LogP contribution in [0.25, 0.3) is 64.0 Å². The van der Waals surface area contributed by atoms with Gasteiger partial charge in [0.2, 0.25) is 0 Å². The van der Waals surface area contributed by atoms with E-state index in [1.165, 1.54) is 80.7 Å². The number of nitrogens with zero attached hydrogens (tertiary/aromatic N) is 2. The summed E-state index contributed by atoms with van der Waals surface area (Å²) in [6.07, 6.45) is 0. The molecule has 0 radical (unpaired) electrons. The van der Waals surface area contributed by atoms with E-state index in [0.29, 0.717) is 0 Å². The van der Waals surface area contributed by atoms with Crippen LogP contribution in [-0.4, -0.2) is 0 Å². The highest BCUT2D eigenvalue weighted by atomic mass is 32.1. The Labute approximate surface area is 373 Å². The van der Waals surface area contributed by atoms with Crippen LogP contribution in [0.15, 0.2) is 206 Å². The largest absolute Gasteiger partial charge is 0.310 e. The van der Waals surface area contributed by atoms with Crippen LogP contribution >= 0.6 is 11.3 Å². The summed E-state index contributed by atoms with van der Waals surface area (Å²) >= 11 is 1.89. The van der Waals surface area contributed by atoms with E-state index in [2.05, 4.69) is 244 Å². The van der Waals surface area contributed by atoms with Gasteiger partial charge in [-0.15, -0.1) is 11.3 Å². The Morgan fingerprint density at radius 2 is 0.810 bits per heavy atom. The predicted molar refractivity (Wildman–Crippen MR) is 274 cm³/mol. The van der Waals surface area contributed by atoms with Gasteiger partial charge in [-0.3, -0.25) is 0 Å². The summed E-state index contributed by atoms with van der Waals surface area (Å²) < 4.78 is 2.57. The molecule has 0 aliphatic heterocycles. The van der Waals surface area contributed by atoms with Crippen molar-refractivity contribution in [1.82, 2.24) is 0 Å². The SMILES string of the molecule is Cc1cc(C)cc(N(c2cc(C)cc(C)c2)c2cc(-c3cccc4c3sc3cc(-c5ccccc5)ccc34)cc(N(c3cccc4ccccc34)c3cccc4ccccc34)c2)c1. The molecular weight excluding hydrogens is 781 g/mol. The van der Waals surface area contributed by atoms with Crippen LogP contribution in [0, 0.1) is 27.7 Å². The topological polar surface area (TPSA) is 6.48 Å².